The van der Waals surface area contributed by atoms with Gasteiger partial charge in [-0.25, -0.2) is 0 Å². The summed E-state index contributed by atoms with van der Waals surface area (Å²) in [6.07, 6.45) is 4.06. The molecule has 92 valence electrons. The molecule has 1 aromatic rings. The molecule has 2 saturated heterocycles. The van der Waals surface area contributed by atoms with E-state index in [0.717, 1.165) is 18.7 Å². The van der Waals surface area contributed by atoms with Crippen molar-refractivity contribution in [1.82, 2.24) is 4.98 Å². The summed E-state index contributed by atoms with van der Waals surface area (Å²) in [5.41, 5.74) is 7.34. The van der Waals surface area contributed by atoms with Crippen LogP contribution in [0.3, 0.4) is 0 Å². The lowest BCUT2D eigenvalue weighted by atomic mass is 10.2. The van der Waals surface area contributed by atoms with Crippen LogP contribution in [0.2, 0.25) is 5.02 Å². The van der Waals surface area contributed by atoms with E-state index in [1.807, 2.05) is 0 Å². The van der Waals surface area contributed by atoms with E-state index in [0.29, 0.717) is 30.5 Å². The van der Waals surface area contributed by atoms with E-state index in [-0.39, 0.29) is 0 Å². The van der Waals surface area contributed by atoms with Crippen molar-refractivity contribution in [1.29, 1.82) is 0 Å². The Labute approximate surface area is 104 Å². The monoisotopic (exact) mass is 255 g/mol. The van der Waals surface area contributed by atoms with E-state index in [9.17, 15) is 0 Å². The van der Waals surface area contributed by atoms with Crippen LogP contribution in [0.15, 0.2) is 12.4 Å². The number of hydrogen-bond donors (Lipinski definition) is 1. The molecule has 0 atom stereocenters. The number of nitrogens with two attached hydrogens (primary N) is 1. The zero-order valence-electron chi connectivity index (χ0n) is 9.36. The van der Waals surface area contributed by atoms with Gasteiger partial charge in [-0.1, -0.05) is 11.6 Å². The summed E-state index contributed by atoms with van der Waals surface area (Å²) < 4.78 is 11.3. The maximum absolute atomic E-state index is 6.14. The Morgan fingerprint density at radius 1 is 1.35 bits per heavy atom. The van der Waals surface area contributed by atoms with E-state index in [1.165, 1.54) is 0 Å². The van der Waals surface area contributed by atoms with Crippen molar-refractivity contribution >= 4 is 23.0 Å². The molecule has 3 heterocycles. The molecule has 0 amide bonds. The Morgan fingerprint density at radius 2 is 2.12 bits per heavy atom. The van der Waals surface area contributed by atoms with Crippen molar-refractivity contribution in [2.45, 2.75) is 12.2 Å². The molecular weight excluding hydrogens is 242 g/mol. The zero-order valence-corrected chi connectivity index (χ0v) is 10.1. The van der Waals surface area contributed by atoms with Gasteiger partial charge in [-0.3, -0.25) is 4.98 Å². The lowest BCUT2D eigenvalue weighted by Gasteiger charge is -2.24. The Balaban J connectivity index is 1.87. The second-order valence-corrected chi connectivity index (χ2v) is 4.75. The molecule has 5 nitrogen and oxygen atoms in total. The van der Waals surface area contributed by atoms with Gasteiger partial charge in [-0.15, -0.1) is 0 Å². The summed E-state index contributed by atoms with van der Waals surface area (Å²) in [4.78, 5) is 6.06. The SMILES string of the molecule is Nc1cncc(Cl)c1N1CCC2(C1)OCCO2. The quantitative estimate of drug-likeness (QED) is 0.819. The average Bonchev–Trinajstić information content (AvgIpc) is 2.90. The molecule has 17 heavy (non-hydrogen) atoms. The van der Waals surface area contributed by atoms with Gasteiger partial charge in [0.25, 0.3) is 0 Å². The average molecular weight is 256 g/mol. The number of ether oxygens (including phenoxy) is 2. The van der Waals surface area contributed by atoms with Crippen LogP contribution in [0.4, 0.5) is 11.4 Å². The summed E-state index contributed by atoms with van der Waals surface area (Å²) in [6, 6.07) is 0. The molecule has 6 heteroatoms. The Bertz CT molecular complexity index is 414. The van der Waals surface area contributed by atoms with Gasteiger partial charge in [0.1, 0.15) is 0 Å². The van der Waals surface area contributed by atoms with Gasteiger partial charge in [0, 0.05) is 19.2 Å². The van der Waals surface area contributed by atoms with E-state index in [2.05, 4.69) is 9.88 Å². The molecule has 1 spiro atoms. The van der Waals surface area contributed by atoms with Crippen molar-refractivity contribution in [3.63, 3.8) is 0 Å². The number of anilines is 2. The fourth-order valence-electron chi connectivity index (χ4n) is 2.45. The second-order valence-electron chi connectivity index (χ2n) is 4.34. The highest BCUT2D eigenvalue weighted by atomic mass is 35.5. The van der Waals surface area contributed by atoms with E-state index < -0.39 is 5.79 Å². The second kappa shape index (κ2) is 4.01. The van der Waals surface area contributed by atoms with Gasteiger partial charge in [0.2, 0.25) is 0 Å². The highest BCUT2D eigenvalue weighted by Gasteiger charge is 2.44. The third kappa shape index (κ3) is 1.84. The predicted molar refractivity (Wildman–Crippen MR) is 65.1 cm³/mol. The van der Waals surface area contributed by atoms with Crippen LogP contribution in [0, 0.1) is 0 Å². The van der Waals surface area contributed by atoms with Crippen LogP contribution in [0.25, 0.3) is 0 Å². The maximum Gasteiger partial charge on any atom is 0.187 e. The van der Waals surface area contributed by atoms with Crippen LogP contribution >= 0.6 is 11.6 Å². The van der Waals surface area contributed by atoms with Gasteiger partial charge in [0.15, 0.2) is 5.79 Å². The molecule has 0 bridgehead atoms. The first-order valence-corrected chi connectivity index (χ1v) is 6.00. The van der Waals surface area contributed by atoms with Crippen molar-refractivity contribution in [3.8, 4) is 0 Å². The van der Waals surface area contributed by atoms with E-state index in [1.54, 1.807) is 12.4 Å². The van der Waals surface area contributed by atoms with Crippen molar-refractivity contribution < 1.29 is 9.47 Å². The number of nitrogen functional groups attached to an aromatic ring is 1. The lowest BCUT2D eigenvalue weighted by molar-refractivity contribution is -0.137. The molecule has 2 fully saturated rings. The summed E-state index contributed by atoms with van der Waals surface area (Å²) >= 11 is 6.14. The number of hydrogen-bond acceptors (Lipinski definition) is 5. The fraction of sp³-hybridized carbons (Fsp3) is 0.545. The summed E-state index contributed by atoms with van der Waals surface area (Å²) in [5, 5.41) is 0.569. The number of halogens is 1. The molecule has 3 rings (SSSR count). The van der Waals surface area contributed by atoms with Gasteiger partial charge in [-0.05, 0) is 0 Å². The van der Waals surface area contributed by atoms with Crippen molar-refractivity contribution in [2.75, 3.05) is 36.9 Å². The molecule has 0 aliphatic carbocycles. The smallest absolute Gasteiger partial charge is 0.187 e. The highest BCUT2D eigenvalue weighted by Crippen LogP contribution is 2.38. The first-order valence-electron chi connectivity index (χ1n) is 5.62. The molecule has 2 aliphatic heterocycles. The van der Waals surface area contributed by atoms with Crippen molar-refractivity contribution in [2.24, 2.45) is 0 Å². The zero-order chi connectivity index (χ0) is 11.9. The van der Waals surface area contributed by atoms with Gasteiger partial charge in [-0.2, -0.15) is 0 Å². The third-order valence-electron chi connectivity index (χ3n) is 3.23. The first-order chi connectivity index (χ1) is 8.20. The Kier molecular flexibility index (Phi) is 2.61. The van der Waals surface area contributed by atoms with Crippen molar-refractivity contribution in [3.05, 3.63) is 17.4 Å². The molecule has 2 aliphatic rings. The standard InChI is InChI=1S/C11H14ClN3O2/c12-8-5-14-6-9(13)10(8)15-2-1-11(7-15)16-3-4-17-11/h5-6H,1-4,7,13H2. The molecule has 1 aromatic heterocycles. The minimum absolute atomic E-state index is 0.459. The van der Waals surface area contributed by atoms with E-state index in [4.69, 9.17) is 26.8 Å². The van der Waals surface area contributed by atoms with Gasteiger partial charge < -0.3 is 20.1 Å². The molecule has 0 saturated carbocycles. The fourth-order valence-corrected chi connectivity index (χ4v) is 2.74. The van der Waals surface area contributed by atoms with Gasteiger partial charge in [0.05, 0.1) is 42.4 Å². The molecule has 0 unspecified atom stereocenters. The molecule has 0 aromatic carbocycles. The Hall–Kier alpha value is -1.04. The Morgan fingerprint density at radius 3 is 2.82 bits per heavy atom. The summed E-state index contributed by atoms with van der Waals surface area (Å²) in [6.45, 7) is 2.82. The lowest BCUT2D eigenvalue weighted by Crippen LogP contribution is -2.34. The number of aromatic nitrogens is 1. The summed E-state index contributed by atoms with van der Waals surface area (Å²) in [7, 11) is 0. The summed E-state index contributed by atoms with van der Waals surface area (Å²) in [5.74, 6) is -0.459. The van der Waals surface area contributed by atoms with Crippen LogP contribution in [-0.4, -0.2) is 37.1 Å². The predicted octanol–water partition coefficient (Wildman–Crippen LogP) is 1.27. The molecular formula is C11H14ClN3O2. The van der Waals surface area contributed by atoms with Crippen LogP contribution < -0.4 is 10.6 Å². The molecule has 2 N–H and O–H groups in total. The van der Waals surface area contributed by atoms with Crippen LogP contribution in [-0.2, 0) is 9.47 Å². The third-order valence-corrected chi connectivity index (χ3v) is 3.50. The van der Waals surface area contributed by atoms with Crippen LogP contribution in [0.5, 0.6) is 0 Å². The number of rotatable bonds is 1. The maximum atomic E-state index is 6.14. The van der Waals surface area contributed by atoms with E-state index >= 15 is 0 Å². The number of pyridine rings is 1. The number of nitrogens with zero attached hydrogens (tertiary/aromatic N) is 2. The normalized spacial score (nSPS) is 22.5. The van der Waals surface area contributed by atoms with Crippen LogP contribution in [0.1, 0.15) is 6.42 Å². The largest absolute Gasteiger partial charge is 0.396 e. The highest BCUT2D eigenvalue weighted by molar-refractivity contribution is 6.33. The minimum atomic E-state index is -0.459. The van der Waals surface area contributed by atoms with Gasteiger partial charge >= 0.3 is 0 Å². The minimum Gasteiger partial charge on any atom is -0.396 e. The first kappa shape index (κ1) is 11.1. The topological polar surface area (TPSA) is 60.6 Å². The molecule has 0 radical (unpaired) electrons.